The molecule has 6 heteroatoms. The molecule has 1 aromatic heterocycles. The molecule has 1 aliphatic heterocycles. The Morgan fingerprint density at radius 3 is 2.72 bits per heavy atom. The van der Waals surface area contributed by atoms with Crippen molar-refractivity contribution in [2.45, 2.75) is 39.0 Å². The highest BCUT2D eigenvalue weighted by atomic mass is 16.3. The van der Waals surface area contributed by atoms with Crippen molar-refractivity contribution in [1.82, 2.24) is 15.1 Å². The number of hydrogen-bond donors (Lipinski definition) is 3. The summed E-state index contributed by atoms with van der Waals surface area (Å²) in [6, 6.07) is 9.07. The van der Waals surface area contributed by atoms with E-state index in [1.54, 1.807) is 4.90 Å². The lowest BCUT2D eigenvalue weighted by Gasteiger charge is -2.30. The predicted octanol–water partition coefficient (Wildman–Crippen LogP) is 2.68. The summed E-state index contributed by atoms with van der Waals surface area (Å²) in [7, 11) is 0. The Kier molecular flexibility index (Phi) is 6.46. The zero-order valence-electron chi connectivity index (χ0n) is 16.9. The molecule has 2 heterocycles. The molecule has 0 saturated heterocycles. The SMILES string of the molecule is C=C(/C=C\C(=C/C)c1n[nH]c2c1CN(C(=O)[C@@H](N)[C@@H](C)O)CC2)c1ccccc1. The normalized spacial score (nSPS) is 16.6. The zero-order valence-corrected chi connectivity index (χ0v) is 16.9. The van der Waals surface area contributed by atoms with E-state index in [1.165, 1.54) is 6.92 Å². The first-order valence-corrected chi connectivity index (χ1v) is 9.80. The van der Waals surface area contributed by atoms with Crippen molar-refractivity contribution in [3.63, 3.8) is 0 Å². The number of allylic oxidation sites excluding steroid dienone is 5. The van der Waals surface area contributed by atoms with E-state index in [9.17, 15) is 9.90 Å². The van der Waals surface area contributed by atoms with E-state index in [4.69, 9.17) is 5.73 Å². The number of nitrogens with two attached hydrogens (primary N) is 1. The van der Waals surface area contributed by atoms with Gasteiger partial charge in [0.15, 0.2) is 0 Å². The molecule has 0 bridgehead atoms. The summed E-state index contributed by atoms with van der Waals surface area (Å²) in [4.78, 5) is 14.3. The van der Waals surface area contributed by atoms with Crippen molar-refractivity contribution >= 4 is 17.1 Å². The maximum absolute atomic E-state index is 12.6. The second-order valence-corrected chi connectivity index (χ2v) is 7.27. The fourth-order valence-electron chi connectivity index (χ4n) is 3.39. The number of aromatic nitrogens is 2. The number of fused-ring (bicyclic) bond motifs is 1. The molecule has 0 aliphatic carbocycles. The van der Waals surface area contributed by atoms with Crippen molar-refractivity contribution in [3.05, 3.63) is 77.7 Å². The van der Waals surface area contributed by atoms with Gasteiger partial charge in [-0.15, -0.1) is 0 Å². The summed E-state index contributed by atoms with van der Waals surface area (Å²) >= 11 is 0. The number of rotatable bonds is 6. The van der Waals surface area contributed by atoms with Gasteiger partial charge in [-0.2, -0.15) is 5.10 Å². The molecule has 1 aromatic carbocycles. The molecule has 2 atom stereocenters. The van der Waals surface area contributed by atoms with Gasteiger partial charge in [-0.25, -0.2) is 0 Å². The van der Waals surface area contributed by atoms with Gasteiger partial charge in [0.1, 0.15) is 6.04 Å². The predicted molar refractivity (Wildman–Crippen MR) is 116 cm³/mol. The van der Waals surface area contributed by atoms with E-state index in [0.717, 1.165) is 33.7 Å². The third-order valence-corrected chi connectivity index (χ3v) is 5.24. The molecule has 0 fully saturated rings. The molecular formula is C23H28N4O2. The van der Waals surface area contributed by atoms with E-state index in [1.807, 2.05) is 55.5 Å². The van der Waals surface area contributed by atoms with Gasteiger partial charge in [0, 0.05) is 30.8 Å². The van der Waals surface area contributed by atoms with Gasteiger partial charge in [-0.05, 0) is 30.6 Å². The lowest BCUT2D eigenvalue weighted by atomic mass is 9.98. The minimum Gasteiger partial charge on any atom is -0.391 e. The summed E-state index contributed by atoms with van der Waals surface area (Å²) in [6.45, 7) is 8.61. The van der Waals surface area contributed by atoms with Crippen LogP contribution in [0.4, 0.5) is 0 Å². The maximum Gasteiger partial charge on any atom is 0.242 e. The van der Waals surface area contributed by atoms with Crippen LogP contribution < -0.4 is 5.73 Å². The van der Waals surface area contributed by atoms with Crippen molar-refractivity contribution in [1.29, 1.82) is 0 Å². The fourth-order valence-corrected chi connectivity index (χ4v) is 3.39. The number of aliphatic hydroxyl groups is 1. The summed E-state index contributed by atoms with van der Waals surface area (Å²) in [5.41, 5.74) is 11.6. The number of H-pyrrole nitrogens is 1. The molecule has 152 valence electrons. The first-order valence-electron chi connectivity index (χ1n) is 9.80. The molecule has 2 aromatic rings. The second-order valence-electron chi connectivity index (χ2n) is 7.27. The van der Waals surface area contributed by atoms with Crippen LogP contribution in [-0.2, 0) is 17.8 Å². The van der Waals surface area contributed by atoms with Gasteiger partial charge in [0.25, 0.3) is 0 Å². The Hall–Kier alpha value is -2.96. The van der Waals surface area contributed by atoms with Crippen molar-refractivity contribution < 1.29 is 9.90 Å². The largest absolute Gasteiger partial charge is 0.391 e. The van der Waals surface area contributed by atoms with Crippen LogP contribution in [0.15, 0.2) is 55.1 Å². The van der Waals surface area contributed by atoms with E-state index in [2.05, 4.69) is 16.8 Å². The Morgan fingerprint density at radius 1 is 1.34 bits per heavy atom. The van der Waals surface area contributed by atoms with Crippen LogP contribution in [0.1, 0.15) is 36.4 Å². The van der Waals surface area contributed by atoms with Gasteiger partial charge in [-0.3, -0.25) is 9.89 Å². The minimum atomic E-state index is -0.915. The van der Waals surface area contributed by atoms with E-state index < -0.39 is 12.1 Å². The minimum absolute atomic E-state index is 0.243. The summed E-state index contributed by atoms with van der Waals surface area (Å²) in [5.74, 6) is -0.243. The van der Waals surface area contributed by atoms with Crippen LogP contribution in [0, 0.1) is 0 Å². The highest BCUT2D eigenvalue weighted by Gasteiger charge is 2.30. The third-order valence-electron chi connectivity index (χ3n) is 5.24. The quantitative estimate of drug-likeness (QED) is 0.659. The molecule has 29 heavy (non-hydrogen) atoms. The average Bonchev–Trinajstić information content (AvgIpc) is 3.16. The number of aromatic amines is 1. The van der Waals surface area contributed by atoms with Gasteiger partial charge in [0.05, 0.1) is 11.8 Å². The van der Waals surface area contributed by atoms with Crippen molar-refractivity contribution in [2.75, 3.05) is 6.54 Å². The fraction of sp³-hybridized carbons (Fsp3) is 0.304. The monoisotopic (exact) mass is 392 g/mol. The van der Waals surface area contributed by atoms with E-state index in [0.29, 0.717) is 19.5 Å². The second kappa shape index (κ2) is 9.03. The Morgan fingerprint density at radius 2 is 2.07 bits per heavy atom. The lowest BCUT2D eigenvalue weighted by molar-refractivity contribution is -0.135. The van der Waals surface area contributed by atoms with Gasteiger partial charge >= 0.3 is 0 Å². The number of hydrogen-bond acceptors (Lipinski definition) is 4. The average molecular weight is 393 g/mol. The Balaban J connectivity index is 1.80. The van der Waals surface area contributed by atoms with E-state index in [-0.39, 0.29) is 5.91 Å². The Labute approximate surface area is 171 Å². The maximum atomic E-state index is 12.6. The van der Waals surface area contributed by atoms with Crippen molar-refractivity contribution in [3.8, 4) is 0 Å². The van der Waals surface area contributed by atoms with Crippen LogP contribution in [0.25, 0.3) is 11.1 Å². The van der Waals surface area contributed by atoms with Gasteiger partial charge in [-0.1, -0.05) is 55.1 Å². The molecule has 0 unspecified atom stereocenters. The summed E-state index contributed by atoms with van der Waals surface area (Å²) < 4.78 is 0. The number of amides is 1. The van der Waals surface area contributed by atoms with Crippen LogP contribution in [0.3, 0.4) is 0 Å². The molecular weight excluding hydrogens is 364 g/mol. The number of nitrogens with one attached hydrogen (secondary N) is 1. The highest BCUT2D eigenvalue weighted by Crippen LogP contribution is 2.27. The van der Waals surface area contributed by atoms with Crippen LogP contribution >= 0.6 is 0 Å². The number of benzene rings is 1. The third kappa shape index (κ3) is 4.55. The zero-order chi connectivity index (χ0) is 21.0. The molecule has 3 rings (SSSR count). The van der Waals surface area contributed by atoms with Crippen LogP contribution in [0.2, 0.25) is 0 Å². The van der Waals surface area contributed by atoms with Gasteiger partial charge < -0.3 is 15.7 Å². The molecule has 0 saturated carbocycles. The molecule has 1 amide bonds. The summed E-state index contributed by atoms with van der Waals surface area (Å²) in [5, 5.41) is 17.3. The lowest BCUT2D eigenvalue weighted by Crippen LogP contribution is -2.50. The molecule has 4 N–H and O–H groups in total. The standard InChI is InChI=1S/C23H28N4O2/c1-4-17(11-10-15(2)18-8-6-5-7-9-18)22-19-14-27(13-12-20(19)25-26-22)23(29)21(24)16(3)28/h4-11,16,21,28H,2,12-14,24H2,1,3H3,(H,25,26)/b11-10-,17-4+/t16-,21+/m1/s1. The molecule has 0 spiro atoms. The number of aliphatic hydroxyl groups excluding tert-OH is 1. The highest BCUT2D eigenvalue weighted by molar-refractivity contribution is 5.83. The smallest absolute Gasteiger partial charge is 0.242 e. The molecule has 0 radical (unpaired) electrons. The van der Waals surface area contributed by atoms with Crippen molar-refractivity contribution in [2.24, 2.45) is 5.73 Å². The van der Waals surface area contributed by atoms with Crippen LogP contribution in [-0.4, -0.2) is 44.8 Å². The van der Waals surface area contributed by atoms with E-state index >= 15 is 0 Å². The first-order chi connectivity index (χ1) is 13.9. The molecule has 1 aliphatic rings. The molecule has 6 nitrogen and oxygen atoms in total. The topological polar surface area (TPSA) is 95.2 Å². The number of carbonyl (C=O) groups is 1. The van der Waals surface area contributed by atoms with Gasteiger partial charge in [0.2, 0.25) is 5.91 Å². The Bertz CT molecular complexity index is 941. The first kappa shape index (κ1) is 20.8. The summed E-state index contributed by atoms with van der Waals surface area (Å²) in [6.07, 6.45) is 5.76. The van der Waals surface area contributed by atoms with Crippen LogP contribution in [0.5, 0.6) is 0 Å². The number of nitrogens with zero attached hydrogens (tertiary/aromatic N) is 2. The number of carbonyl (C=O) groups excluding carboxylic acids is 1.